The maximum absolute atomic E-state index is 5.42. The van der Waals surface area contributed by atoms with E-state index in [-0.39, 0.29) is 6.04 Å². The lowest BCUT2D eigenvalue weighted by Crippen LogP contribution is -2.29. The Morgan fingerprint density at radius 2 is 2.00 bits per heavy atom. The van der Waals surface area contributed by atoms with Crippen molar-refractivity contribution < 1.29 is 4.52 Å². The summed E-state index contributed by atoms with van der Waals surface area (Å²) in [4.78, 5) is 9.14. The molecule has 1 aromatic heterocycles. The van der Waals surface area contributed by atoms with Gasteiger partial charge in [-0.3, -0.25) is 9.80 Å². The average Bonchev–Trinajstić information content (AvgIpc) is 3.05. The number of nitrogens with zero attached hydrogens (tertiary/aromatic N) is 4. The van der Waals surface area contributed by atoms with E-state index < -0.39 is 0 Å². The van der Waals surface area contributed by atoms with E-state index in [9.17, 15) is 0 Å². The quantitative estimate of drug-likeness (QED) is 0.847. The molecule has 0 unspecified atom stereocenters. The van der Waals surface area contributed by atoms with Gasteiger partial charge in [-0.15, -0.1) is 0 Å². The highest BCUT2D eigenvalue weighted by molar-refractivity contribution is 5.55. The zero-order valence-electron chi connectivity index (χ0n) is 14.3. The van der Waals surface area contributed by atoms with Crippen molar-refractivity contribution in [1.82, 2.24) is 19.9 Å². The van der Waals surface area contributed by atoms with Gasteiger partial charge in [0.05, 0.1) is 6.04 Å². The van der Waals surface area contributed by atoms with Crippen LogP contribution >= 0.6 is 0 Å². The number of likely N-dealkylation sites (tertiary alicyclic amines) is 1. The number of benzene rings is 1. The summed E-state index contributed by atoms with van der Waals surface area (Å²) < 4.78 is 5.42. The Morgan fingerprint density at radius 3 is 2.74 bits per heavy atom. The van der Waals surface area contributed by atoms with Crippen molar-refractivity contribution >= 4 is 0 Å². The first-order valence-electron chi connectivity index (χ1n) is 8.45. The summed E-state index contributed by atoms with van der Waals surface area (Å²) in [7, 11) is 4.02. The molecule has 3 rings (SSSR count). The molecule has 0 radical (unpaired) electrons. The zero-order valence-corrected chi connectivity index (χ0v) is 14.3. The van der Waals surface area contributed by atoms with Crippen LogP contribution in [0.4, 0.5) is 0 Å². The number of piperidine rings is 1. The lowest BCUT2D eigenvalue weighted by Gasteiger charge is -2.26. The van der Waals surface area contributed by atoms with Gasteiger partial charge in [0, 0.05) is 12.1 Å². The van der Waals surface area contributed by atoms with Gasteiger partial charge in [-0.2, -0.15) is 4.98 Å². The second kappa shape index (κ2) is 7.23. The van der Waals surface area contributed by atoms with Crippen molar-refractivity contribution in [3.05, 3.63) is 35.7 Å². The normalized spacial score (nSPS) is 17.6. The lowest BCUT2D eigenvalue weighted by atomic mass is 10.1. The fourth-order valence-corrected chi connectivity index (χ4v) is 2.93. The summed E-state index contributed by atoms with van der Waals surface area (Å²) in [6.07, 6.45) is 4.00. The topological polar surface area (TPSA) is 45.4 Å². The highest BCUT2D eigenvalue weighted by Gasteiger charge is 2.17. The van der Waals surface area contributed by atoms with Gasteiger partial charge in [0.25, 0.3) is 0 Å². The third-order valence-corrected chi connectivity index (χ3v) is 4.61. The Kier molecular flexibility index (Phi) is 5.08. The molecule has 1 atom stereocenters. The molecule has 124 valence electrons. The molecule has 5 heteroatoms. The first-order chi connectivity index (χ1) is 11.1. The van der Waals surface area contributed by atoms with Crippen LogP contribution in [-0.4, -0.2) is 47.1 Å². The van der Waals surface area contributed by atoms with Gasteiger partial charge >= 0.3 is 0 Å². The molecule has 1 fully saturated rings. The van der Waals surface area contributed by atoms with E-state index in [1.54, 1.807) is 0 Å². The van der Waals surface area contributed by atoms with Crippen molar-refractivity contribution in [2.24, 2.45) is 0 Å². The SMILES string of the molecule is C[C@H](c1nc(-c2cccc(CN3CCCCC3)c2)no1)N(C)C. The zero-order chi connectivity index (χ0) is 16.2. The molecule has 1 saturated heterocycles. The molecule has 1 aliphatic heterocycles. The predicted octanol–water partition coefficient (Wildman–Crippen LogP) is 3.35. The van der Waals surface area contributed by atoms with Crippen LogP contribution in [0.3, 0.4) is 0 Å². The second-order valence-electron chi connectivity index (χ2n) is 6.63. The van der Waals surface area contributed by atoms with Gasteiger partial charge < -0.3 is 4.52 Å². The summed E-state index contributed by atoms with van der Waals surface area (Å²) >= 11 is 0. The second-order valence-corrected chi connectivity index (χ2v) is 6.63. The first kappa shape index (κ1) is 16.1. The minimum atomic E-state index is 0.118. The Labute approximate surface area is 138 Å². The van der Waals surface area contributed by atoms with Crippen molar-refractivity contribution in [2.45, 2.75) is 38.8 Å². The molecule has 0 spiro atoms. The van der Waals surface area contributed by atoms with E-state index in [4.69, 9.17) is 4.52 Å². The van der Waals surface area contributed by atoms with Crippen LogP contribution < -0.4 is 0 Å². The molecule has 0 aliphatic carbocycles. The van der Waals surface area contributed by atoms with E-state index in [1.165, 1.54) is 37.9 Å². The van der Waals surface area contributed by atoms with Crippen LogP contribution in [0.2, 0.25) is 0 Å². The van der Waals surface area contributed by atoms with Crippen molar-refractivity contribution in [3.63, 3.8) is 0 Å². The molecule has 0 bridgehead atoms. The van der Waals surface area contributed by atoms with E-state index in [2.05, 4.69) is 51.1 Å². The fourth-order valence-electron chi connectivity index (χ4n) is 2.93. The van der Waals surface area contributed by atoms with E-state index in [0.29, 0.717) is 11.7 Å². The summed E-state index contributed by atoms with van der Waals surface area (Å²) in [6, 6.07) is 8.62. The molecular formula is C18H26N4O. The molecular weight excluding hydrogens is 288 g/mol. The summed E-state index contributed by atoms with van der Waals surface area (Å²) in [5.74, 6) is 1.33. The Balaban J connectivity index is 1.74. The highest BCUT2D eigenvalue weighted by Crippen LogP contribution is 2.22. The number of hydrogen-bond donors (Lipinski definition) is 0. The van der Waals surface area contributed by atoms with Gasteiger partial charge in [-0.1, -0.05) is 29.8 Å². The van der Waals surface area contributed by atoms with E-state index in [0.717, 1.165) is 12.1 Å². The molecule has 1 aromatic carbocycles. The lowest BCUT2D eigenvalue weighted by molar-refractivity contribution is 0.221. The van der Waals surface area contributed by atoms with Crippen LogP contribution in [0, 0.1) is 0 Å². The summed E-state index contributed by atoms with van der Waals surface area (Å²) in [6.45, 7) is 5.48. The van der Waals surface area contributed by atoms with Crippen LogP contribution in [-0.2, 0) is 6.54 Å². The van der Waals surface area contributed by atoms with Crippen LogP contribution in [0.1, 0.15) is 43.7 Å². The Morgan fingerprint density at radius 1 is 1.22 bits per heavy atom. The predicted molar refractivity (Wildman–Crippen MR) is 91.0 cm³/mol. The maximum atomic E-state index is 5.42. The van der Waals surface area contributed by atoms with Crippen molar-refractivity contribution in [2.75, 3.05) is 27.2 Å². The molecule has 1 aliphatic rings. The fraction of sp³-hybridized carbons (Fsp3) is 0.556. The van der Waals surface area contributed by atoms with Gasteiger partial charge in [-0.05, 0) is 58.6 Å². The molecule has 5 nitrogen and oxygen atoms in total. The van der Waals surface area contributed by atoms with Gasteiger partial charge in [-0.25, -0.2) is 0 Å². The molecule has 2 aromatic rings. The largest absolute Gasteiger partial charge is 0.337 e. The monoisotopic (exact) mass is 314 g/mol. The third kappa shape index (κ3) is 3.98. The standard InChI is InChI=1S/C18H26N4O/c1-14(21(2)3)18-19-17(20-23-18)16-9-7-8-15(12-16)13-22-10-5-4-6-11-22/h7-9,12,14H,4-6,10-11,13H2,1-3H3/t14-/m1/s1. The third-order valence-electron chi connectivity index (χ3n) is 4.61. The number of rotatable bonds is 5. The molecule has 23 heavy (non-hydrogen) atoms. The van der Waals surface area contributed by atoms with Crippen molar-refractivity contribution in [3.8, 4) is 11.4 Å². The van der Waals surface area contributed by atoms with Gasteiger partial charge in [0.1, 0.15) is 0 Å². The van der Waals surface area contributed by atoms with E-state index in [1.807, 2.05) is 14.1 Å². The molecule has 0 saturated carbocycles. The summed E-state index contributed by atoms with van der Waals surface area (Å²) in [5.41, 5.74) is 2.34. The summed E-state index contributed by atoms with van der Waals surface area (Å²) in [5, 5.41) is 4.15. The van der Waals surface area contributed by atoms with Crippen LogP contribution in [0.25, 0.3) is 11.4 Å². The van der Waals surface area contributed by atoms with Crippen molar-refractivity contribution in [1.29, 1.82) is 0 Å². The highest BCUT2D eigenvalue weighted by atomic mass is 16.5. The minimum Gasteiger partial charge on any atom is -0.337 e. The van der Waals surface area contributed by atoms with Gasteiger partial charge in [0.15, 0.2) is 0 Å². The first-order valence-corrected chi connectivity index (χ1v) is 8.45. The average molecular weight is 314 g/mol. The van der Waals surface area contributed by atoms with Crippen LogP contribution in [0.5, 0.6) is 0 Å². The Bertz CT molecular complexity index is 631. The molecule has 0 amide bonds. The van der Waals surface area contributed by atoms with E-state index >= 15 is 0 Å². The number of aromatic nitrogens is 2. The van der Waals surface area contributed by atoms with Gasteiger partial charge in [0.2, 0.25) is 11.7 Å². The molecule has 2 heterocycles. The maximum Gasteiger partial charge on any atom is 0.244 e. The molecule has 0 N–H and O–H groups in total. The number of hydrogen-bond acceptors (Lipinski definition) is 5. The smallest absolute Gasteiger partial charge is 0.244 e. The Hall–Kier alpha value is -1.72. The minimum absolute atomic E-state index is 0.118. The van der Waals surface area contributed by atoms with Crippen LogP contribution in [0.15, 0.2) is 28.8 Å².